The van der Waals surface area contributed by atoms with Crippen molar-refractivity contribution in [2.45, 2.75) is 18.9 Å². The number of piperidine rings is 1. The molecule has 1 fully saturated rings. The van der Waals surface area contributed by atoms with Gasteiger partial charge in [0.05, 0.1) is 18.1 Å². The van der Waals surface area contributed by atoms with E-state index in [9.17, 15) is 9.59 Å². The van der Waals surface area contributed by atoms with Gasteiger partial charge in [-0.05, 0) is 65.2 Å². The number of methoxy groups -OCH3 is 1. The van der Waals surface area contributed by atoms with E-state index in [4.69, 9.17) is 4.74 Å². The maximum Gasteiger partial charge on any atom is 0.326 e. The van der Waals surface area contributed by atoms with Crippen molar-refractivity contribution < 1.29 is 9.53 Å². The molecule has 1 saturated heterocycles. The molecule has 2 aromatic carbocycles. The Morgan fingerprint density at radius 2 is 1.89 bits per heavy atom. The Hall–Kier alpha value is -2.74. The highest BCUT2D eigenvalue weighted by atomic mass is 79.9. The summed E-state index contributed by atoms with van der Waals surface area (Å²) in [4.78, 5) is 29.7. The Kier molecular flexibility index (Phi) is 5.13. The first kappa shape index (κ1) is 18.6. The van der Waals surface area contributed by atoms with E-state index >= 15 is 0 Å². The summed E-state index contributed by atoms with van der Waals surface area (Å²) >= 11 is 3.49. The smallest absolute Gasteiger partial charge is 0.326 e. The number of hydrogen-bond acceptors (Lipinski definition) is 3. The van der Waals surface area contributed by atoms with Crippen LogP contribution in [0.1, 0.15) is 18.9 Å². The minimum atomic E-state index is -0.127. The van der Waals surface area contributed by atoms with E-state index in [0.29, 0.717) is 13.1 Å². The number of aromatic amines is 1. The van der Waals surface area contributed by atoms with Crippen LogP contribution in [0.3, 0.4) is 0 Å². The molecule has 0 aliphatic carbocycles. The molecule has 146 valence electrons. The highest BCUT2D eigenvalue weighted by Gasteiger charge is 2.26. The third-order valence-corrected chi connectivity index (χ3v) is 5.82. The van der Waals surface area contributed by atoms with E-state index in [1.54, 1.807) is 12.0 Å². The predicted octanol–water partition coefficient (Wildman–Crippen LogP) is 3.97. The number of para-hydroxylation sites is 1. The molecule has 0 spiro atoms. The highest BCUT2D eigenvalue weighted by molar-refractivity contribution is 9.10. The number of halogens is 1. The van der Waals surface area contributed by atoms with E-state index in [0.717, 1.165) is 39.8 Å². The van der Waals surface area contributed by atoms with Gasteiger partial charge in [0.1, 0.15) is 5.75 Å². The fraction of sp³-hybridized carbons (Fsp3) is 0.300. The number of imidazole rings is 1. The molecule has 0 saturated carbocycles. The fourth-order valence-electron chi connectivity index (χ4n) is 3.68. The maximum absolute atomic E-state index is 12.5. The number of nitrogens with zero attached hydrogens (tertiary/aromatic N) is 2. The van der Waals surface area contributed by atoms with Gasteiger partial charge in [0.15, 0.2) is 0 Å². The number of amides is 2. The number of likely N-dealkylation sites (tertiary alicyclic amines) is 1. The Bertz CT molecular complexity index is 1050. The number of H-pyrrole nitrogens is 1. The first-order chi connectivity index (χ1) is 13.6. The number of hydrogen-bond donors (Lipinski definition) is 2. The average molecular weight is 445 g/mol. The summed E-state index contributed by atoms with van der Waals surface area (Å²) in [6.07, 6.45) is 1.46. The van der Waals surface area contributed by atoms with Crippen molar-refractivity contribution in [3.8, 4) is 5.75 Å². The predicted molar refractivity (Wildman–Crippen MR) is 112 cm³/mol. The van der Waals surface area contributed by atoms with Crippen LogP contribution < -0.4 is 15.7 Å². The summed E-state index contributed by atoms with van der Waals surface area (Å²) in [6.45, 7) is 1.19. The lowest BCUT2D eigenvalue weighted by Crippen LogP contribution is -2.42. The summed E-state index contributed by atoms with van der Waals surface area (Å²) in [7, 11) is 1.61. The van der Waals surface area contributed by atoms with Gasteiger partial charge in [-0.2, -0.15) is 0 Å². The van der Waals surface area contributed by atoms with Gasteiger partial charge in [0, 0.05) is 29.3 Å². The standard InChI is InChI=1S/C20H21BrN4O3/c1-28-15-7-5-13(6-8-15)22-19(26)24-11-9-14(10-12-24)25-17-4-2-3-16(21)18(17)23-20(25)27/h2-8,14H,9-12H2,1H3,(H,22,26)(H,23,27). The Morgan fingerprint density at radius 3 is 2.57 bits per heavy atom. The van der Waals surface area contributed by atoms with Crippen LogP contribution in [0.5, 0.6) is 5.75 Å². The second kappa shape index (κ2) is 7.71. The molecule has 1 aliphatic heterocycles. The van der Waals surface area contributed by atoms with Gasteiger partial charge in [0.2, 0.25) is 0 Å². The lowest BCUT2D eigenvalue weighted by molar-refractivity contribution is 0.184. The Labute approximate surface area is 170 Å². The number of benzene rings is 2. The zero-order valence-electron chi connectivity index (χ0n) is 15.4. The first-order valence-corrected chi connectivity index (χ1v) is 9.95. The molecule has 2 N–H and O–H groups in total. The van der Waals surface area contributed by atoms with Gasteiger partial charge in [-0.15, -0.1) is 0 Å². The number of aromatic nitrogens is 2. The number of rotatable bonds is 3. The summed E-state index contributed by atoms with van der Waals surface area (Å²) in [5.74, 6) is 0.745. The van der Waals surface area contributed by atoms with Gasteiger partial charge < -0.3 is 19.9 Å². The van der Waals surface area contributed by atoms with E-state index in [-0.39, 0.29) is 17.8 Å². The molecule has 28 heavy (non-hydrogen) atoms. The van der Waals surface area contributed by atoms with Gasteiger partial charge in [-0.3, -0.25) is 4.57 Å². The SMILES string of the molecule is COc1ccc(NC(=O)N2CCC(n3c(=O)[nH]c4c(Br)cccc43)CC2)cc1. The molecule has 0 unspecified atom stereocenters. The lowest BCUT2D eigenvalue weighted by Gasteiger charge is -2.32. The largest absolute Gasteiger partial charge is 0.497 e. The molecule has 2 heterocycles. The molecule has 7 nitrogen and oxygen atoms in total. The molecular formula is C20H21BrN4O3. The van der Waals surface area contributed by atoms with Crippen LogP contribution in [0.4, 0.5) is 10.5 Å². The van der Waals surface area contributed by atoms with E-state index in [1.165, 1.54) is 0 Å². The van der Waals surface area contributed by atoms with Crippen LogP contribution in [0.25, 0.3) is 11.0 Å². The molecule has 0 radical (unpaired) electrons. The second-order valence-electron chi connectivity index (χ2n) is 6.81. The third-order valence-electron chi connectivity index (χ3n) is 5.16. The summed E-state index contributed by atoms with van der Waals surface area (Å²) in [6, 6.07) is 13.0. The normalized spacial score (nSPS) is 15.0. The number of fused-ring (bicyclic) bond motifs is 1. The Balaban J connectivity index is 1.43. The number of ether oxygens (including phenoxy) is 1. The van der Waals surface area contributed by atoms with Crippen molar-refractivity contribution in [3.05, 3.63) is 57.4 Å². The summed E-state index contributed by atoms with van der Waals surface area (Å²) < 4.78 is 7.82. The number of anilines is 1. The second-order valence-corrected chi connectivity index (χ2v) is 7.67. The van der Waals surface area contributed by atoms with E-state index < -0.39 is 0 Å². The molecule has 1 aliphatic rings. The van der Waals surface area contributed by atoms with Crippen molar-refractivity contribution in [3.63, 3.8) is 0 Å². The molecule has 8 heteroatoms. The van der Waals surface area contributed by atoms with Crippen LogP contribution in [0, 0.1) is 0 Å². The van der Waals surface area contributed by atoms with E-state index in [1.807, 2.05) is 47.0 Å². The minimum absolute atomic E-state index is 0.0700. The third kappa shape index (κ3) is 3.52. The maximum atomic E-state index is 12.5. The molecular weight excluding hydrogens is 424 g/mol. The molecule has 1 aromatic heterocycles. The van der Waals surface area contributed by atoms with Crippen LogP contribution in [0.15, 0.2) is 51.7 Å². The van der Waals surface area contributed by atoms with Crippen molar-refractivity contribution in [2.24, 2.45) is 0 Å². The number of carbonyl (C=O) groups is 1. The average Bonchev–Trinajstić information content (AvgIpc) is 3.06. The zero-order chi connectivity index (χ0) is 19.7. The van der Waals surface area contributed by atoms with Crippen molar-refractivity contribution in [1.82, 2.24) is 14.5 Å². The topological polar surface area (TPSA) is 79.4 Å². The lowest BCUT2D eigenvalue weighted by atomic mass is 10.0. The van der Waals surface area contributed by atoms with Gasteiger partial charge >= 0.3 is 11.7 Å². The number of urea groups is 1. The highest BCUT2D eigenvalue weighted by Crippen LogP contribution is 2.28. The summed E-state index contributed by atoms with van der Waals surface area (Å²) in [5, 5.41) is 2.91. The molecule has 2 amide bonds. The molecule has 4 rings (SSSR count). The quantitative estimate of drug-likeness (QED) is 0.641. The first-order valence-electron chi connectivity index (χ1n) is 9.15. The molecule has 0 atom stereocenters. The van der Waals surface area contributed by atoms with Crippen LogP contribution in [-0.2, 0) is 0 Å². The van der Waals surface area contributed by atoms with Crippen LogP contribution in [-0.4, -0.2) is 40.7 Å². The summed E-state index contributed by atoms with van der Waals surface area (Å²) in [5.41, 5.74) is 2.32. The number of nitrogens with one attached hydrogen (secondary N) is 2. The van der Waals surface area contributed by atoms with Gasteiger partial charge in [-0.25, -0.2) is 9.59 Å². The van der Waals surface area contributed by atoms with Gasteiger partial charge in [0.25, 0.3) is 0 Å². The van der Waals surface area contributed by atoms with Crippen molar-refractivity contribution in [1.29, 1.82) is 0 Å². The minimum Gasteiger partial charge on any atom is -0.497 e. The van der Waals surface area contributed by atoms with Crippen LogP contribution in [0.2, 0.25) is 0 Å². The van der Waals surface area contributed by atoms with E-state index in [2.05, 4.69) is 26.2 Å². The fourth-order valence-corrected chi connectivity index (χ4v) is 4.14. The monoisotopic (exact) mass is 444 g/mol. The Morgan fingerprint density at radius 1 is 1.18 bits per heavy atom. The number of carbonyl (C=O) groups excluding carboxylic acids is 1. The molecule has 0 bridgehead atoms. The van der Waals surface area contributed by atoms with Crippen molar-refractivity contribution in [2.75, 3.05) is 25.5 Å². The van der Waals surface area contributed by atoms with Gasteiger partial charge in [-0.1, -0.05) is 6.07 Å². The molecule has 3 aromatic rings. The zero-order valence-corrected chi connectivity index (χ0v) is 17.0. The van der Waals surface area contributed by atoms with Crippen LogP contribution >= 0.6 is 15.9 Å². The van der Waals surface area contributed by atoms with Crippen molar-refractivity contribution >= 4 is 38.7 Å².